The summed E-state index contributed by atoms with van der Waals surface area (Å²) in [6.07, 6.45) is 1.50. The highest BCUT2D eigenvalue weighted by Gasteiger charge is 2.21. The molecule has 1 nitrogen and oxygen atoms in total. The highest BCUT2D eigenvalue weighted by molar-refractivity contribution is 7.17. The molecule has 2 aromatic rings. The molecule has 0 amide bonds. The van der Waals surface area contributed by atoms with Crippen LogP contribution in [-0.4, -0.2) is 18.3 Å². The lowest BCUT2D eigenvalue weighted by Crippen LogP contribution is -2.39. The summed E-state index contributed by atoms with van der Waals surface area (Å²) >= 11 is 1.78. The molecule has 0 spiro atoms. The molecule has 0 aliphatic carbocycles. The van der Waals surface area contributed by atoms with Crippen molar-refractivity contribution in [1.29, 1.82) is 0 Å². The fourth-order valence-corrected chi connectivity index (χ4v) is 3.08. The van der Waals surface area contributed by atoms with Crippen molar-refractivity contribution in [3.05, 3.63) is 35.2 Å². The molecule has 0 fully saturated rings. The van der Waals surface area contributed by atoms with E-state index in [9.17, 15) is 4.39 Å². The van der Waals surface area contributed by atoms with Gasteiger partial charge in [-0.1, -0.05) is 25.1 Å². The number of fused-ring (bicyclic) bond motifs is 1. The van der Waals surface area contributed by atoms with E-state index in [1.807, 2.05) is 6.92 Å². The zero-order chi connectivity index (χ0) is 13.9. The second kappa shape index (κ2) is 6.02. The third-order valence-electron chi connectivity index (χ3n) is 3.64. The molecular formula is C16H22FNS. The quantitative estimate of drug-likeness (QED) is 0.817. The van der Waals surface area contributed by atoms with Crippen molar-refractivity contribution in [3.8, 4) is 0 Å². The van der Waals surface area contributed by atoms with Crippen LogP contribution in [0.3, 0.4) is 0 Å². The van der Waals surface area contributed by atoms with Gasteiger partial charge in [-0.3, -0.25) is 0 Å². The predicted molar refractivity (Wildman–Crippen MR) is 82.8 cm³/mol. The van der Waals surface area contributed by atoms with Gasteiger partial charge in [-0.05, 0) is 49.1 Å². The number of hydrogen-bond acceptors (Lipinski definition) is 2. The summed E-state index contributed by atoms with van der Waals surface area (Å²) in [5.41, 5.74) is 0.253. The minimum absolute atomic E-state index is 0.291. The van der Waals surface area contributed by atoms with Crippen molar-refractivity contribution in [2.45, 2.75) is 45.3 Å². The van der Waals surface area contributed by atoms with Crippen LogP contribution in [0.4, 0.5) is 4.39 Å². The lowest BCUT2D eigenvalue weighted by Gasteiger charge is -2.22. The molecule has 0 saturated carbocycles. The van der Waals surface area contributed by atoms with Crippen LogP contribution in [0.5, 0.6) is 0 Å². The Labute approximate surface area is 118 Å². The maximum absolute atomic E-state index is 13.9. The molecule has 0 aliphatic rings. The van der Waals surface area contributed by atoms with E-state index in [4.69, 9.17) is 0 Å². The van der Waals surface area contributed by atoms with E-state index in [0.29, 0.717) is 19.0 Å². The zero-order valence-electron chi connectivity index (χ0n) is 11.9. The average molecular weight is 279 g/mol. The Morgan fingerprint density at radius 1 is 1.37 bits per heavy atom. The van der Waals surface area contributed by atoms with Gasteiger partial charge in [-0.25, -0.2) is 4.39 Å². The van der Waals surface area contributed by atoms with E-state index in [2.05, 4.69) is 41.9 Å². The van der Waals surface area contributed by atoms with Crippen LogP contribution in [0.25, 0.3) is 10.1 Å². The Morgan fingerprint density at radius 2 is 2.11 bits per heavy atom. The van der Waals surface area contributed by atoms with E-state index in [-0.39, 0.29) is 0 Å². The first-order valence-electron chi connectivity index (χ1n) is 6.89. The number of nitrogens with one attached hydrogen (secondary N) is 1. The Balaban J connectivity index is 1.97. The second-order valence-corrected chi connectivity index (χ2v) is 6.42. The van der Waals surface area contributed by atoms with E-state index in [0.717, 1.165) is 6.42 Å². The fraction of sp³-hybridized carbons (Fsp3) is 0.500. The molecule has 1 heterocycles. The first-order valence-corrected chi connectivity index (χ1v) is 7.77. The molecule has 3 heteroatoms. The Morgan fingerprint density at radius 3 is 2.84 bits per heavy atom. The van der Waals surface area contributed by atoms with E-state index in [1.165, 1.54) is 15.6 Å². The van der Waals surface area contributed by atoms with Crippen LogP contribution >= 0.6 is 11.3 Å². The van der Waals surface area contributed by atoms with E-state index >= 15 is 0 Å². The first-order chi connectivity index (χ1) is 9.02. The standard InChI is InChI=1S/C16H22FNS/c1-4-16(3,17)11-18-12(2)9-13-10-19-15-8-6-5-7-14(13)15/h5-8,10,12,18H,4,9,11H2,1-3H3. The predicted octanol–water partition coefficient (Wildman–Crippen LogP) is 4.56. The molecular weight excluding hydrogens is 257 g/mol. The molecule has 2 atom stereocenters. The number of thiophene rings is 1. The van der Waals surface area contributed by atoms with Gasteiger partial charge >= 0.3 is 0 Å². The largest absolute Gasteiger partial charge is 0.311 e. The molecule has 1 aromatic heterocycles. The van der Waals surface area contributed by atoms with Gasteiger partial charge in [0.25, 0.3) is 0 Å². The summed E-state index contributed by atoms with van der Waals surface area (Å²) in [6.45, 7) is 6.09. The lowest BCUT2D eigenvalue weighted by atomic mass is 10.0. The van der Waals surface area contributed by atoms with Gasteiger partial charge in [0.2, 0.25) is 0 Å². The Hall–Kier alpha value is -0.930. The smallest absolute Gasteiger partial charge is 0.120 e. The summed E-state index contributed by atoms with van der Waals surface area (Å²) in [5.74, 6) is 0. The normalized spacial score (nSPS) is 16.4. The SMILES string of the molecule is CCC(C)(F)CNC(C)Cc1csc2ccccc12. The summed E-state index contributed by atoms with van der Waals surface area (Å²) in [5, 5.41) is 6.86. The zero-order valence-corrected chi connectivity index (χ0v) is 12.7. The number of rotatable bonds is 6. The molecule has 2 rings (SSSR count). The highest BCUT2D eigenvalue weighted by Crippen LogP contribution is 2.26. The molecule has 2 unspecified atom stereocenters. The van der Waals surface area contributed by atoms with Gasteiger partial charge in [-0.2, -0.15) is 0 Å². The van der Waals surface area contributed by atoms with Crippen LogP contribution in [0, 0.1) is 0 Å². The number of alkyl halides is 1. The van der Waals surface area contributed by atoms with Crippen LogP contribution in [0.15, 0.2) is 29.6 Å². The third kappa shape index (κ3) is 3.77. The van der Waals surface area contributed by atoms with Gasteiger partial charge in [0.05, 0.1) is 0 Å². The summed E-state index contributed by atoms with van der Waals surface area (Å²) in [6, 6.07) is 8.75. The molecule has 0 bridgehead atoms. The van der Waals surface area contributed by atoms with Gasteiger partial charge in [-0.15, -0.1) is 11.3 Å². The van der Waals surface area contributed by atoms with Crippen LogP contribution in [0.1, 0.15) is 32.8 Å². The van der Waals surface area contributed by atoms with Crippen molar-refractivity contribution >= 4 is 21.4 Å². The second-order valence-electron chi connectivity index (χ2n) is 5.51. The molecule has 104 valence electrons. The van der Waals surface area contributed by atoms with Crippen molar-refractivity contribution in [1.82, 2.24) is 5.32 Å². The minimum Gasteiger partial charge on any atom is -0.311 e. The monoisotopic (exact) mass is 279 g/mol. The van der Waals surface area contributed by atoms with Crippen molar-refractivity contribution in [3.63, 3.8) is 0 Å². The summed E-state index contributed by atoms with van der Waals surface area (Å²) in [7, 11) is 0. The fourth-order valence-electron chi connectivity index (χ4n) is 2.10. The number of benzene rings is 1. The maximum atomic E-state index is 13.9. The highest BCUT2D eigenvalue weighted by atomic mass is 32.1. The number of hydrogen-bond donors (Lipinski definition) is 1. The van der Waals surface area contributed by atoms with E-state index in [1.54, 1.807) is 18.3 Å². The summed E-state index contributed by atoms with van der Waals surface area (Å²) < 4.78 is 15.2. The van der Waals surface area contributed by atoms with Crippen LogP contribution in [0.2, 0.25) is 0 Å². The minimum atomic E-state index is -1.11. The van der Waals surface area contributed by atoms with Crippen LogP contribution < -0.4 is 5.32 Å². The van der Waals surface area contributed by atoms with Gasteiger partial charge in [0.15, 0.2) is 0 Å². The van der Waals surface area contributed by atoms with Crippen molar-refractivity contribution < 1.29 is 4.39 Å². The molecule has 0 radical (unpaired) electrons. The molecule has 19 heavy (non-hydrogen) atoms. The molecule has 0 saturated heterocycles. The Bertz CT molecular complexity index is 532. The third-order valence-corrected chi connectivity index (χ3v) is 4.66. The lowest BCUT2D eigenvalue weighted by molar-refractivity contribution is 0.173. The molecule has 1 N–H and O–H groups in total. The van der Waals surface area contributed by atoms with Crippen LogP contribution in [-0.2, 0) is 6.42 Å². The Kier molecular flexibility index (Phi) is 4.58. The van der Waals surface area contributed by atoms with Gasteiger partial charge in [0.1, 0.15) is 5.67 Å². The molecule has 0 aliphatic heterocycles. The van der Waals surface area contributed by atoms with E-state index < -0.39 is 5.67 Å². The average Bonchev–Trinajstić information content (AvgIpc) is 2.80. The van der Waals surface area contributed by atoms with Crippen molar-refractivity contribution in [2.24, 2.45) is 0 Å². The maximum Gasteiger partial charge on any atom is 0.120 e. The van der Waals surface area contributed by atoms with Crippen molar-refractivity contribution in [2.75, 3.05) is 6.54 Å². The molecule has 1 aromatic carbocycles. The number of halogens is 1. The summed E-state index contributed by atoms with van der Waals surface area (Å²) in [4.78, 5) is 0. The van der Waals surface area contributed by atoms with Gasteiger partial charge in [0, 0.05) is 17.3 Å². The first kappa shape index (κ1) is 14.5. The topological polar surface area (TPSA) is 12.0 Å². The van der Waals surface area contributed by atoms with Gasteiger partial charge < -0.3 is 5.32 Å².